The van der Waals surface area contributed by atoms with E-state index in [1.54, 1.807) is 17.0 Å². The lowest BCUT2D eigenvalue weighted by Gasteiger charge is -2.31. The minimum Gasteiger partial charge on any atom is -0.450 e. The lowest BCUT2D eigenvalue weighted by atomic mass is 10.0. The van der Waals surface area contributed by atoms with Gasteiger partial charge in [0.2, 0.25) is 0 Å². The van der Waals surface area contributed by atoms with E-state index in [2.05, 4.69) is 5.32 Å². The highest BCUT2D eigenvalue weighted by atomic mass is 19.1. The first-order chi connectivity index (χ1) is 9.69. The predicted molar refractivity (Wildman–Crippen MR) is 74.9 cm³/mol. The van der Waals surface area contributed by atoms with Crippen molar-refractivity contribution in [3.8, 4) is 0 Å². The molecule has 1 N–H and O–H groups in total. The van der Waals surface area contributed by atoms with Crippen LogP contribution in [0, 0.1) is 5.82 Å². The molecule has 20 heavy (non-hydrogen) atoms. The smallest absolute Gasteiger partial charge is 0.409 e. The third-order valence-corrected chi connectivity index (χ3v) is 3.53. The lowest BCUT2D eigenvalue weighted by Crippen LogP contribution is -2.44. The van der Waals surface area contributed by atoms with E-state index in [0.29, 0.717) is 12.6 Å². The number of hydrogen-bond donors (Lipinski definition) is 1. The van der Waals surface area contributed by atoms with Crippen LogP contribution in [0.15, 0.2) is 24.3 Å². The summed E-state index contributed by atoms with van der Waals surface area (Å²) in [4.78, 5) is 13.3. The summed E-state index contributed by atoms with van der Waals surface area (Å²) in [6, 6.07) is 6.91. The van der Waals surface area contributed by atoms with Gasteiger partial charge in [-0.1, -0.05) is 12.1 Å². The van der Waals surface area contributed by atoms with Gasteiger partial charge in [0.05, 0.1) is 6.61 Å². The van der Waals surface area contributed by atoms with Crippen molar-refractivity contribution >= 4 is 6.09 Å². The third kappa shape index (κ3) is 4.20. The fourth-order valence-electron chi connectivity index (χ4n) is 2.35. The zero-order chi connectivity index (χ0) is 14.4. The number of rotatable bonds is 4. The summed E-state index contributed by atoms with van der Waals surface area (Å²) in [5.41, 5.74) is 1.07. The van der Waals surface area contributed by atoms with Crippen LogP contribution in [-0.2, 0) is 11.3 Å². The summed E-state index contributed by atoms with van der Waals surface area (Å²) >= 11 is 0. The van der Waals surface area contributed by atoms with Crippen molar-refractivity contribution in [3.63, 3.8) is 0 Å². The number of amides is 1. The molecule has 0 aliphatic carbocycles. The van der Waals surface area contributed by atoms with Gasteiger partial charge in [-0.25, -0.2) is 9.18 Å². The summed E-state index contributed by atoms with van der Waals surface area (Å²) in [5, 5.41) is 3.45. The number of carbonyl (C=O) groups excluding carboxylic acids is 1. The Kier molecular flexibility index (Phi) is 5.35. The first kappa shape index (κ1) is 14.8. The van der Waals surface area contributed by atoms with Crippen LogP contribution in [0.25, 0.3) is 0 Å². The number of benzene rings is 1. The number of carbonyl (C=O) groups is 1. The molecule has 0 atom stereocenters. The van der Waals surface area contributed by atoms with Crippen molar-refractivity contribution < 1.29 is 13.9 Å². The Morgan fingerprint density at radius 2 is 2.00 bits per heavy atom. The highest BCUT2D eigenvalue weighted by Gasteiger charge is 2.22. The van der Waals surface area contributed by atoms with E-state index in [-0.39, 0.29) is 11.9 Å². The molecule has 110 valence electrons. The lowest BCUT2D eigenvalue weighted by molar-refractivity contribution is 0.0950. The van der Waals surface area contributed by atoms with Gasteiger partial charge in [-0.05, 0) is 37.5 Å². The van der Waals surface area contributed by atoms with Crippen LogP contribution in [0.1, 0.15) is 25.3 Å². The Balaban J connectivity index is 1.72. The molecule has 1 heterocycles. The number of halogens is 1. The molecule has 0 radical (unpaired) electrons. The van der Waals surface area contributed by atoms with Crippen molar-refractivity contribution in [2.75, 3.05) is 19.7 Å². The SMILES string of the molecule is CCOC(=O)N1CCC(NCc2ccc(F)cc2)CC1. The number of likely N-dealkylation sites (tertiary alicyclic amines) is 1. The van der Waals surface area contributed by atoms with Gasteiger partial charge >= 0.3 is 6.09 Å². The Morgan fingerprint density at radius 1 is 1.35 bits per heavy atom. The second-order valence-electron chi connectivity index (χ2n) is 4.97. The Hall–Kier alpha value is -1.62. The van der Waals surface area contributed by atoms with Crippen LogP contribution in [0.4, 0.5) is 9.18 Å². The van der Waals surface area contributed by atoms with E-state index >= 15 is 0 Å². The molecule has 1 aromatic carbocycles. The van der Waals surface area contributed by atoms with Crippen molar-refractivity contribution in [2.24, 2.45) is 0 Å². The predicted octanol–water partition coefficient (Wildman–Crippen LogP) is 2.54. The summed E-state index contributed by atoms with van der Waals surface area (Å²) in [6.07, 6.45) is 1.62. The molecule has 0 saturated carbocycles. The van der Waals surface area contributed by atoms with Crippen LogP contribution < -0.4 is 5.32 Å². The van der Waals surface area contributed by atoms with Gasteiger partial charge in [0.15, 0.2) is 0 Å². The van der Waals surface area contributed by atoms with Crippen LogP contribution in [0.3, 0.4) is 0 Å². The largest absolute Gasteiger partial charge is 0.450 e. The molecule has 1 aliphatic heterocycles. The highest BCUT2D eigenvalue weighted by molar-refractivity contribution is 5.67. The molecule has 1 aliphatic rings. The first-order valence-electron chi connectivity index (χ1n) is 7.08. The van der Waals surface area contributed by atoms with Gasteiger partial charge in [-0.15, -0.1) is 0 Å². The van der Waals surface area contributed by atoms with Gasteiger partial charge in [-0.2, -0.15) is 0 Å². The van der Waals surface area contributed by atoms with Crippen LogP contribution in [-0.4, -0.2) is 36.7 Å². The fraction of sp³-hybridized carbons (Fsp3) is 0.533. The average molecular weight is 280 g/mol. The Labute approximate surface area is 118 Å². The number of nitrogens with zero attached hydrogens (tertiary/aromatic N) is 1. The molecule has 1 saturated heterocycles. The zero-order valence-electron chi connectivity index (χ0n) is 11.8. The number of hydrogen-bond acceptors (Lipinski definition) is 3. The van der Waals surface area contributed by atoms with Gasteiger partial charge in [0.1, 0.15) is 5.82 Å². The maximum Gasteiger partial charge on any atom is 0.409 e. The topological polar surface area (TPSA) is 41.6 Å². The van der Waals surface area contributed by atoms with Crippen molar-refractivity contribution in [1.82, 2.24) is 10.2 Å². The third-order valence-electron chi connectivity index (χ3n) is 3.53. The standard InChI is InChI=1S/C15H21FN2O2/c1-2-20-15(19)18-9-7-14(8-10-18)17-11-12-3-5-13(16)6-4-12/h3-6,14,17H,2,7-11H2,1H3. The van der Waals surface area contributed by atoms with Crippen LogP contribution in [0.2, 0.25) is 0 Å². The average Bonchev–Trinajstić information content (AvgIpc) is 2.47. The molecule has 0 unspecified atom stereocenters. The molecular formula is C15H21FN2O2. The van der Waals surface area contributed by atoms with E-state index in [1.807, 2.05) is 6.92 Å². The minimum atomic E-state index is -0.218. The quantitative estimate of drug-likeness (QED) is 0.921. The molecule has 4 nitrogen and oxygen atoms in total. The molecule has 1 amide bonds. The second-order valence-corrected chi connectivity index (χ2v) is 4.97. The number of nitrogens with one attached hydrogen (secondary N) is 1. The van der Waals surface area contributed by atoms with E-state index < -0.39 is 0 Å². The monoisotopic (exact) mass is 280 g/mol. The zero-order valence-corrected chi connectivity index (χ0v) is 11.8. The van der Waals surface area contributed by atoms with E-state index in [0.717, 1.165) is 38.0 Å². The summed E-state index contributed by atoms with van der Waals surface area (Å²) < 4.78 is 17.8. The maximum absolute atomic E-state index is 12.8. The second kappa shape index (κ2) is 7.24. The molecule has 0 aromatic heterocycles. The molecular weight excluding hydrogens is 259 g/mol. The van der Waals surface area contributed by atoms with Gasteiger partial charge in [0, 0.05) is 25.7 Å². The normalized spacial score (nSPS) is 16.2. The number of ether oxygens (including phenoxy) is 1. The summed E-state index contributed by atoms with van der Waals surface area (Å²) in [7, 11) is 0. The molecule has 0 bridgehead atoms. The highest BCUT2D eigenvalue weighted by Crippen LogP contribution is 2.12. The van der Waals surface area contributed by atoms with Gasteiger partial charge in [-0.3, -0.25) is 0 Å². The van der Waals surface area contributed by atoms with Crippen LogP contribution in [0.5, 0.6) is 0 Å². The minimum absolute atomic E-state index is 0.212. The van der Waals surface area contributed by atoms with Crippen molar-refractivity contribution in [1.29, 1.82) is 0 Å². The van der Waals surface area contributed by atoms with Gasteiger partial charge < -0.3 is 15.0 Å². The first-order valence-corrected chi connectivity index (χ1v) is 7.08. The molecule has 0 spiro atoms. The van der Waals surface area contributed by atoms with E-state index in [1.165, 1.54) is 12.1 Å². The Bertz CT molecular complexity index is 428. The van der Waals surface area contributed by atoms with Crippen LogP contribution >= 0.6 is 0 Å². The summed E-state index contributed by atoms with van der Waals surface area (Å²) in [5.74, 6) is -0.212. The van der Waals surface area contributed by atoms with E-state index in [4.69, 9.17) is 4.74 Å². The molecule has 5 heteroatoms. The van der Waals surface area contributed by atoms with Crippen molar-refractivity contribution in [3.05, 3.63) is 35.6 Å². The number of piperidine rings is 1. The van der Waals surface area contributed by atoms with Gasteiger partial charge in [0.25, 0.3) is 0 Å². The fourth-order valence-corrected chi connectivity index (χ4v) is 2.35. The van der Waals surface area contributed by atoms with E-state index in [9.17, 15) is 9.18 Å². The van der Waals surface area contributed by atoms with Crippen molar-refractivity contribution in [2.45, 2.75) is 32.4 Å². The molecule has 1 aromatic rings. The molecule has 2 rings (SSSR count). The Morgan fingerprint density at radius 3 is 2.60 bits per heavy atom. The summed E-state index contributed by atoms with van der Waals surface area (Å²) in [6.45, 7) is 4.40. The molecule has 1 fully saturated rings. The maximum atomic E-state index is 12.8.